The minimum atomic E-state index is -0.306. The number of anilines is 1. The first kappa shape index (κ1) is 16.3. The highest BCUT2D eigenvalue weighted by molar-refractivity contribution is 7.99. The molecule has 0 saturated heterocycles. The zero-order valence-electron chi connectivity index (χ0n) is 10.8. The third-order valence-corrected chi connectivity index (χ3v) is 3.48. The van der Waals surface area contributed by atoms with E-state index in [2.05, 4.69) is 10.1 Å². The van der Waals surface area contributed by atoms with Crippen molar-refractivity contribution in [1.82, 2.24) is 0 Å². The van der Waals surface area contributed by atoms with Crippen LogP contribution in [-0.4, -0.2) is 30.5 Å². The van der Waals surface area contributed by atoms with E-state index in [9.17, 15) is 9.59 Å². The highest BCUT2D eigenvalue weighted by atomic mass is 35.5. The molecule has 0 heterocycles. The number of carbonyl (C=O) groups excluding carboxylic acids is 2. The number of rotatable bonds is 6. The molecule has 0 aliphatic heterocycles. The number of esters is 1. The summed E-state index contributed by atoms with van der Waals surface area (Å²) in [4.78, 5) is 22.6. The predicted molar refractivity (Wildman–Crippen MR) is 78.8 cm³/mol. The van der Waals surface area contributed by atoms with E-state index in [1.54, 1.807) is 12.1 Å². The fraction of sp³-hybridized carbons (Fsp3) is 0.308. The van der Waals surface area contributed by atoms with Crippen LogP contribution in [0.4, 0.5) is 5.69 Å². The summed E-state index contributed by atoms with van der Waals surface area (Å²) in [6.45, 7) is 0. The molecule has 0 spiro atoms. The second-order valence-corrected chi connectivity index (χ2v) is 5.27. The molecule has 0 saturated carbocycles. The molecule has 1 N–H and O–H groups in total. The fourth-order valence-corrected chi connectivity index (χ4v) is 2.21. The minimum absolute atomic E-state index is 0.189. The lowest BCUT2D eigenvalue weighted by Crippen LogP contribution is -2.15. The van der Waals surface area contributed by atoms with Crippen molar-refractivity contribution in [3.05, 3.63) is 28.8 Å². The van der Waals surface area contributed by atoms with Crippen molar-refractivity contribution >= 4 is 40.9 Å². The van der Waals surface area contributed by atoms with Gasteiger partial charge in [0, 0.05) is 10.8 Å². The van der Waals surface area contributed by atoms with Gasteiger partial charge in [0.25, 0.3) is 0 Å². The van der Waals surface area contributed by atoms with Crippen LogP contribution in [0.2, 0.25) is 5.02 Å². The van der Waals surface area contributed by atoms with Crippen LogP contribution in [0.3, 0.4) is 0 Å². The Labute approximate surface area is 126 Å². The number of nitrogens with zero attached hydrogens (tertiary/aromatic N) is 1. The van der Waals surface area contributed by atoms with Gasteiger partial charge in [-0.05, 0) is 18.2 Å². The number of nitrogens with one attached hydrogen (secondary N) is 1. The number of amides is 1. The summed E-state index contributed by atoms with van der Waals surface area (Å²) in [6, 6.07) is 6.63. The highest BCUT2D eigenvalue weighted by Gasteiger charge is 2.08. The van der Waals surface area contributed by atoms with Gasteiger partial charge in [-0.3, -0.25) is 9.59 Å². The Bertz CT molecular complexity index is 543. The molecule has 1 aromatic carbocycles. The summed E-state index contributed by atoms with van der Waals surface area (Å²) in [5.41, 5.74) is 0.737. The summed E-state index contributed by atoms with van der Waals surface area (Å²) in [6.07, 6.45) is 0.259. The molecule has 0 atom stereocenters. The Balaban J connectivity index is 2.45. The summed E-state index contributed by atoms with van der Waals surface area (Å²) in [5.74, 6) is 0.132. The average Bonchev–Trinajstić information content (AvgIpc) is 2.43. The molecule has 0 aromatic heterocycles. The van der Waals surface area contributed by atoms with Crippen molar-refractivity contribution in [3.8, 4) is 6.07 Å². The van der Waals surface area contributed by atoms with E-state index >= 15 is 0 Å². The summed E-state index contributed by atoms with van der Waals surface area (Å²) in [5, 5.41) is 12.0. The number of ether oxygens (including phenoxy) is 1. The standard InChI is InChI=1S/C13H13ClN2O3S/c1-19-13(18)4-5-20-8-12(17)16-11-6-10(14)3-2-9(11)7-15/h2-3,6H,4-5,8H2,1H3,(H,16,17). The number of hydrogen-bond donors (Lipinski definition) is 1. The molecule has 1 amide bonds. The van der Waals surface area contributed by atoms with Crippen molar-refractivity contribution < 1.29 is 14.3 Å². The van der Waals surface area contributed by atoms with Crippen molar-refractivity contribution in [1.29, 1.82) is 5.26 Å². The molecule has 0 unspecified atom stereocenters. The first-order valence-electron chi connectivity index (χ1n) is 5.71. The van der Waals surface area contributed by atoms with Crippen LogP contribution in [0.15, 0.2) is 18.2 Å². The van der Waals surface area contributed by atoms with Gasteiger partial charge in [0.1, 0.15) is 6.07 Å². The molecule has 0 radical (unpaired) electrons. The van der Waals surface area contributed by atoms with Gasteiger partial charge < -0.3 is 10.1 Å². The molecule has 0 aliphatic rings. The van der Waals surface area contributed by atoms with E-state index in [4.69, 9.17) is 16.9 Å². The van der Waals surface area contributed by atoms with Gasteiger partial charge in [-0.1, -0.05) is 11.6 Å². The lowest BCUT2D eigenvalue weighted by Gasteiger charge is -2.07. The van der Waals surface area contributed by atoms with E-state index in [1.165, 1.54) is 24.9 Å². The number of carbonyl (C=O) groups is 2. The molecule has 0 aliphatic carbocycles. The third-order valence-electron chi connectivity index (χ3n) is 2.29. The Morgan fingerprint density at radius 3 is 2.90 bits per heavy atom. The molecular weight excluding hydrogens is 300 g/mol. The number of halogens is 1. The molecule has 1 rings (SSSR count). The maximum atomic E-state index is 11.7. The van der Waals surface area contributed by atoms with Crippen LogP contribution < -0.4 is 5.32 Å². The van der Waals surface area contributed by atoms with Crippen LogP contribution in [-0.2, 0) is 14.3 Å². The van der Waals surface area contributed by atoms with Crippen LogP contribution in [0.5, 0.6) is 0 Å². The maximum Gasteiger partial charge on any atom is 0.306 e. The molecule has 7 heteroatoms. The molecule has 0 bridgehead atoms. The molecule has 1 aromatic rings. The Morgan fingerprint density at radius 2 is 2.25 bits per heavy atom. The van der Waals surface area contributed by atoms with E-state index in [-0.39, 0.29) is 24.1 Å². The first-order chi connectivity index (χ1) is 9.56. The minimum Gasteiger partial charge on any atom is -0.469 e. The molecule has 0 fully saturated rings. The number of nitriles is 1. The van der Waals surface area contributed by atoms with E-state index in [1.807, 2.05) is 6.07 Å². The highest BCUT2D eigenvalue weighted by Crippen LogP contribution is 2.20. The van der Waals surface area contributed by atoms with Crippen molar-refractivity contribution in [2.24, 2.45) is 0 Å². The van der Waals surface area contributed by atoms with Gasteiger partial charge >= 0.3 is 5.97 Å². The van der Waals surface area contributed by atoms with E-state index < -0.39 is 0 Å². The second kappa shape index (κ2) is 8.46. The summed E-state index contributed by atoms with van der Waals surface area (Å²) in [7, 11) is 1.32. The SMILES string of the molecule is COC(=O)CCSCC(=O)Nc1cc(Cl)ccc1C#N. The van der Waals surface area contributed by atoms with Crippen molar-refractivity contribution in [2.75, 3.05) is 23.9 Å². The van der Waals surface area contributed by atoms with Gasteiger partial charge in [-0.25, -0.2) is 0 Å². The molecule has 20 heavy (non-hydrogen) atoms. The Hall–Kier alpha value is -1.71. The van der Waals surface area contributed by atoms with Crippen LogP contribution in [0.1, 0.15) is 12.0 Å². The van der Waals surface area contributed by atoms with Gasteiger partial charge in [-0.2, -0.15) is 17.0 Å². The second-order valence-electron chi connectivity index (χ2n) is 3.73. The van der Waals surface area contributed by atoms with Crippen LogP contribution >= 0.6 is 23.4 Å². The van der Waals surface area contributed by atoms with Gasteiger partial charge in [0.2, 0.25) is 5.91 Å². The van der Waals surface area contributed by atoms with Crippen LogP contribution in [0.25, 0.3) is 0 Å². The predicted octanol–water partition coefficient (Wildman–Crippen LogP) is 2.45. The van der Waals surface area contributed by atoms with Crippen LogP contribution in [0, 0.1) is 11.3 Å². The molecular formula is C13H13ClN2O3S. The first-order valence-corrected chi connectivity index (χ1v) is 7.24. The number of methoxy groups -OCH3 is 1. The van der Waals surface area contributed by atoms with Gasteiger partial charge in [0.05, 0.1) is 30.5 Å². The van der Waals surface area contributed by atoms with Gasteiger partial charge in [-0.15, -0.1) is 0 Å². The normalized spacial score (nSPS) is 9.65. The summed E-state index contributed by atoms with van der Waals surface area (Å²) >= 11 is 7.13. The topological polar surface area (TPSA) is 79.2 Å². The zero-order chi connectivity index (χ0) is 15.0. The number of thioether (sulfide) groups is 1. The van der Waals surface area contributed by atoms with E-state index in [0.717, 1.165) is 0 Å². The van der Waals surface area contributed by atoms with Crippen molar-refractivity contribution in [3.63, 3.8) is 0 Å². The quantitative estimate of drug-likeness (QED) is 0.644. The third kappa shape index (κ3) is 5.51. The average molecular weight is 313 g/mol. The lowest BCUT2D eigenvalue weighted by molar-refractivity contribution is -0.140. The summed E-state index contributed by atoms with van der Waals surface area (Å²) < 4.78 is 4.49. The fourth-order valence-electron chi connectivity index (χ4n) is 1.33. The Morgan fingerprint density at radius 1 is 1.50 bits per heavy atom. The zero-order valence-corrected chi connectivity index (χ0v) is 12.4. The monoisotopic (exact) mass is 312 g/mol. The largest absolute Gasteiger partial charge is 0.469 e. The van der Waals surface area contributed by atoms with Crippen molar-refractivity contribution in [2.45, 2.75) is 6.42 Å². The number of benzene rings is 1. The van der Waals surface area contributed by atoms with Gasteiger partial charge in [0.15, 0.2) is 0 Å². The Kier molecular flexibility index (Phi) is 6.91. The van der Waals surface area contributed by atoms with E-state index in [0.29, 0.717) is 22.0 Å². The smallest absolute Gasteiger partial charge is 0.306 e. The maximum absolute atomic E-state index is 11.7. The number of hydrogen-bond acceptors (Lipinski definition) is 5. The molecule has 106 valence electrons. The lowest BCUT2D eigenvalue weighted by atomic mass is 10.2. The molecule has 5 nitrogen and oxygen atoms in total.